The molecular formula is C7H10BN2Y-. The maximum absolute atomic E-state index is 5.70. The minimum absolute atomic E-state index is 0. The van der Waals surface area contributed by atoms with Crippen molar-refractivity contribution >= 4 is 13.7 Å². The summed E-state index contributed by atoms with van der Waals surface area (Å²) in [7, 11) is 5.70. The topological polar surface area (TPSA) is 24.4 Å². The number of hydrogen-bond acceptors (Lipinski definition) is 2. The first-order valence-electron chi connectivity index (χ1n) is 3.24. The van der Waals surface area contributed by atoms with Crippen molar-refractivity contribution in [1.82, 2.24) is 5.32 Å². The Hall–Kier alpha value is 0.379. The molecule has 1 N–H and O–H groups in total. The summed E-state index contributed by atoms with van der Waals surface area (Å²) in [5.74, 6) is 0.848. The fourth-order valence-electron chi connectivity index (χ4n) is 1.09. The minimum atomic E-state index is -0.639. The number of nitrogens with zero attached hydrogens (tertiary/aromatic N) is 1. The van der Waals surface area contributed by atoms with Gasteiger partial charge in [-0.05, 0) is 6.92 Å². The second-order valence-corrected chi connectivity index (χ2v) is 2.72. The SMILES string of the molecule is [B]C1(C)[C-]=C(C)NC(C)=N1.[Y]. The maximum atomic E-state index is 5.70. The van der Waals surface area contributed by atoms with Crippen molar-refractivity contribution in [3.8, 4) is 0 Å². The smallest absolute Gasteiger partial charge is 0.0917 e. The van der Waals surface area contributed by atoms with E-state index in [1.165, 1.54) is 0 Å². The van der Waals surface area contributed by atoms with Crippen LogP contribution < -0.4 is 5.32 Å². The van der Waals surface area contributed by atoms with Crippen LogP contribution in [0.2, 0.25) is 0 Å². The van der Waals surface area contributed by atoms with Crippen LogP contribution in [0.4, 0.5) is 0 Å². The number of nitrogens with one attached hydrogen (secondary N) is 1. The molecule has 0 bridgehead atoms. The predicted octanol–water partition coefficient (Wildman–Crippen LogP) is 0.597. The van der Waals surface area contributed by atoms with Gasteiger partial charge >= 0.3 is 0 Å². The molecule has 0 fully saturated rings. The Morgan fingerprint density at radius 2 is 2.09 bits per heavy atom. The molecular weight excluding hydrogens is 212 g/mol. The van der Waals surface area contributed by atoms with Crippen molar-refractivity contribution in [3.63, 3.8) is 0 Å². The standard InChI is InChI=1S/C7H10BN2.Y/c1-5-4-7(3,8)10-6(2)9-5;/h1-3H3,(H,9,10);/q-1;. The minimum Gasteiger partial charge on any atom is -0.457 e. The monoisotopic (exact) mass is 222 g/mol. The van der Waals surface area contributed by atoms with E-state index in [4.69, 9.17) is 7.85 Å². The summed E-state index contributed by atoms with van der Waals surface area (Å²) >= 11 is 0. The van der Waals surface area contributed by atoms with Crippen LogP contribution in [0.1, 0.15) is 20.8 Å². The molecule has 0 amide bonds. The van der Waals surface area contributed by atoms with Crippen molar-refractivity contribution in [2.75, 3.05) is 0 Å². The Balaban J connectivity index is 0.000001000. The van der Waals surface area contributed by atoms with Crippen molar-refractivity contribution < 1.29 is 32.7 Å². The van der Waals surface area contributed by atoms with Gasteiger partial charge in [0.25, 0.3) is 0 Å². The van der Waals surface area contributed by atoms with Gasteiger partial charge in [-0.25, -0.2) is 0 Å². The van der Waals surface area contributed by atoms with Gasteiger partial charge in [-0.1, -0.05) is 13.8 Å². The molecule has 55 valence electrons. The van der Waals surface area contributed by atoms with Crippen LogP contribution in [-0.2, 0) is 32.7 Å². The van der Waals surface area contributed by atoms with E-state index < -0.39 is 5.44 Å². The van der Waals surface area contributed by atoms with Crippen LogP contribution in [0.3, 0.4) is 0 Å². The summed E-state index contributed by atoms with van der Waals surface area (Å²) in [4.78, 5) is 4.12. The molecule has 0 spiro atoms. The summed E-state index contributed by atoms with van der Waals surface area (Å²) in [5.41, 5.74) is 0.303. The molecule has 1 rings (SSSR count). The molecule has 1 heterocycles. The fourth-order valence-corrected chi connectivity index (χ4v) is 1.09. The third kappa shape index (κ3) is 3.52. The van der Waals surface area contributed by atoms with Crippen molar-refractivity contribution in [3.05, 3.63) is 11.8 Å². The summed E-state index contributed by atoms with van der Waals surface area (Å²) in [6.45, 7) is 5.62. The number of rotatable bonds is 0. The number of amidine groups is 1. The zero-order valence-corrected chi connectivity index (χ0v) is 9.94. The quantitative estimate of drug-likeness (QED) is 0.470. The Labute approximate surface area is 94.2 Å². The van der Waals surface area contributed by atoms with Gasteiger partial charge in [0.1, 0.15) is 0 Å². The molecule has 0 aromatic rings. The Morgan fingerprint density at radius 1 is 1.55 bits per heavy atom. The summed E-state index contributed by atoms with van der Waals surface area (Å²) in [6.07, 6.45) is 2.98. The second-order valence-electron chi connectivity index (χ2n) is 2.72. The normalized spacial score (nSPS) is 29.4. The fraction of sp³-hybridized carbons (Fsp3) is 0.571. The molecule has 3 radical (unpaired) electrons. The maximum Gasteiger partial charge on any atom is 0.0917 e. The van der Waals surface area contributed by atoms with Gasteiger partial charge in [0, 0.05) is 32.7 Å². The van der Waals surface area contributed by atoms with Crippen LogP contribution in [0, 0.1) is 6.08 Å². The Morgan fingerprint density at radius 3 is 2.45 bits per heavy atom. The van der Waals surface area contributed by atoms with Gasteiger partial charge in [-0.3, -0.25) is 0 Å². The first-order chi connectivity index (χ1) is 4.49. The van der Waals surface area contributed by atoms with Crippen molar-refractivity contribution in [2.45, 2.75) is 26.2 Å². The average molecular weight is 222 g/mol. The number of hydrogen-bond donors (Lipinski definition) is 1. The van der Waals surface area contributed by atoms with Crippen LogP contribution in [-0.4, -0.2) is 19.1 Å². The first-order valence-corrected chi connectivity index (χ1v) is 3.24. The zero-order valence-electron chi connectivity index (χ0n) is 7.10. The molecule has 0 aliphatic carbocycles. The average Bonchev–Trinajstić information content (AvgIpc) is 1.54. The van der Waals surface area contributed by atoms with E-state index in [-0.39, 0.29) is 32.7 Å². The van der Waals surface area contributed by atoms with E-state index in [0.29, 0.717) is 0 Å². The molecule has 0 saturated heterocycles. The molecule has 1 atom stereocenters. The van der Waals surface area contributed by atoms with Crippen LogP contribution in [0.15, 0.2) is 10.7 Å². The molecule has 1 aliphatic rings. The summed E-state index contributed by atoms with van der Waals surface area (Å²) in [6, 6.07) is 0. The molecule has 4 heteroatoms. The molecule has 0 aromatic carbocycles. The first kappa shape index (κ1) is 11.4. The van der Waals surface area contributed by atoms with Gasteiger partial charge < -0.3 is 16.4 Å². The summed E-state index contributed by atoms with van der Waals surface area (Å²) in [5, 5.41) is 3.01. The van der Waals surface area contributed by atoms with E-state index in [0.717, 1.165) is 11.5 Å². The van der Waals surface area contributed by atoms with Crippen LogP contribution >= 0.6 is 0 Å². The second kappa shape index (κ2) is 3.86. The van der Waals surface area contributed by atoms with Crippen molar-refractivity contribution in [1.29, 1.82) is 0 Å². The van der Waals surface area contributed by atoms with Gasteiger partial charge in [0.05, 0.1) is 13.7 Å². The van der Waals surface area contributed by atoms with Crippen LogP contribution in [0.5, 0.6) is 0 Å². The van der Waals surface area contributed by atoms with Gasteiger partial charge in [-0.2, -0.15) is 5.70 Å². The van der Waals surface area contributed by atoms with Gasteiger partial charge in [0.2, 0.25) is 0 Å². The van der Waals surface area contributed by atoms with E-state index in [1.807, 2.05) is 20.8 Å². The van der Waals surface area contributed by atoms with E-state index in [9.17, 15) is 0 Å². The van der Waals surface area contributed by atoms with E-state index in [1.54, 1.807) is 0 Å². The number of aliphatic imine (C=N–C) groups is 1. The van der Waals surface area contributed by atoms with Gasteiger partial charge in [0.15, 0.2) is 0 Å². The Kier molecular flexibility index (Phi) is 3.99. The predicted molar refractivity (Wildman–Crippen MR) is 42.8 cm³/mol. The van der Waals surface area contributed by atoms with E-state index in [2.05, 4.69) is 16.4 Å². The summed E-state index contributed by atoms with van der Waals surface area (Å²) < 4.78 is 0. The number of allylic oxidation sites excluding steroid dienone is 1. The Bertz CT molecular complexity index is 188. The molecule has 1 unspecified atom stereocenters. The molecule has 11 heavy (non-hydrogen) atoms. The van der Waals surface area contributed by atoms with E-state index >= 15 is 0 Å². The van der Waals surface area contributed by atoms with Crippen molar-refractivity contribution in [2.24, 2.45) is 4.99 Å². The largest absolute Gasteiger partial charge is 0.457 e. The molecule has 1 aliphatic heterocycles. The van der Waals surface area contributed by atoms with Gasteiger partial charge in [-0.15, -0.1) is 5.44 Å². The third-order valence-corrected chi connectivity index (χ3v) is 1.21. The molecule has 0 aromatic heterocycles. The molecule has 0 saturated carbocycles. The zero-order chi connectivity index (χ0) is 7.78. The van der Waals surface area contributed by atoms with Crippen LogP contribution in [0.25, 0.3) is 0 Å². The molecule has 2 nitrogen and oxygen atoms in total. The third-order valence-electron chi connectivity index (χ3n) is 1.21.